The normalized spacial score (nSPS) is 26.3. The first-order chi connectivity index (χ1) is 13.8. The van der Waals surface area contributed by atoms with Gasteiger partial charge in [-0.2, -0.15) is 13.2 Å². The average Bonchev–Trinajstić information content (AvgIpc) is 3.09. The predicted octanol–water partition coefficient (Wildman–Crippen LogP) is 3.41. The molecule has 1 saturated heterocycles. The molecule has 9 heteroatoms. The van der Waals surface area contributed by atoms with Crippen molar-refractivity contribution in [2.24, 2.45) is 10.9 Å². The Balaban J connectivity index is 1.73. The van der Waals surface area contributed by atoms with Crippen LogP contribution in [0.4, 0.5) is 17.6 Å². The summed E-state index contributed by atoms with van der Waals surface area (Å²) in [5, 5.41) is 2.44. The van der Waals surface area contributed by atoms with E-state index in [2.05, 4.69) is 10.3 Å². The van der Waals surface area contributed by atoms with Gasteiger partial charge in [-0.15, -0.1) is 0 Å². The molecule has 2 aliphatic heterocycles. The summed E-state index contributed by atoms with van der Waals surface area (Å²) in [5.41, 5.74) is -1.38. The summed E-state index contributed by atoms with van der Waals surface area (Å²) in [5.74, 6) is -2.54. The molecule has 1 fully saturated rings. The molecule has 2 aromatic rings. The minimum Gasteiger partial charge on any atom is -0.464 e. The molecule has 2 aliphatic rings. The van der Waals surface area contributed by atoms with E-state index >= 15 is 0 Å². The molecular weight excluding hydrogens is 392 g/mol. The number of carbonyl (C=O) groups excluding carboxylic acids is 1. The minimum atomic E-state index is -4.67. The number of nitrogens with one attached hydrogen (secondary N) is 1. The first-order valence-corrected chi connectivity index (χ1v) is 8.83. The van der Waals surface area contributed by atoms with E-state index in [0.29, 0.717) is 5.56 Å². The summed E-state index contributed by atoms with van der Waals surface area (Å²) >= 11 is 0. The lowest BCUT2D eigenvalue weighted by molar-refractivity contribution is -0.219. The highest BCUT2D eigenvalue weighted by atomic mass is 19.4. The number of alkyl halides is 3. The van der Waals surface area contributed by atoms with Crippen LogP contribution >= 0.6 is 0 Å². The standard InChI is InChI=1S/C20H16F4N2O3/c21-15-9-5-4-8-13(15)19-11-29-16(20(22,23)24)14(19)10-28-18(26-19)25-17(27)12-6-2-1-3-7-12/h1-9,14,16H,10-11H2,(H,25,26,27)/t14?,16-,19?/m0/s1. The van der Waals surface area contributed by atoms with Crippen LogP contribution in [0.15, 0.2) is 59.6 Å². The van der Waals surface area contributed by atoms with Gasteiger partial charge >= 0.3 is 6.18 Å². The molecule has 1 amide bonds. The SMILES string of the molecule is O=C(NC1=NC2(c3ccccc3F)CO[C@H](C(F)(F)F)C2CO1)c1ccccc1. The molecule has 0 aliphatic carbocycles. The second-order valence-electron chi connectivity index (χ2n) is 6.83. The lowest BCUT2D eigenvalue weighted by Gasteiger charge is -2.36. The van der Waals surface area contributed by atoms with Crippen molar-refractivity contribution >= 4 is 11.9 Å². The molecule has 29 heavy (non-hydrogen) atoms. The lowest BCUT2D eigenvalue weighted by atomic mass is 9.77. The van der Waals surface area contributed by atoms with Crippen LogP contribution in [0.1, 0.15) is 15.9 Å². The quantitative estimate of drug-likeness (QED) is 0.775. The van der Waals surface area contributed by atoms with Gasteiger partial charge in [0.05, 0.1) is 19.1 Å². The molecule has 0 spiro atoms. The molecule has 0 bridgehead atoms. The maximum atomic E-state index is 14.6. The molecule has 4 rings (SSSR count). The van der Waals surface area contributed by atoms with Gasteiger partial charge in [-0.3, -0.25) is 10.1 Å². The van der Waals surface area contributed by atoms with Crippen molar-refractivity contribution < 1.29 is 31.8 Å². The van der Waals surface area contributed by atoms with E-state index in [1.54, 1.807) is 30.3 Å². The van der Waals surface area contributed by atoms with Crippen LogP contribution in [-0.4, -0.2) is 37.4 Å². The average molecular weight is 408 g/mol. The second kappa shape index (κ2) is 7.14. The number of ether oxygens (including phenoxy) is 2. The van der Waals surface area contributed by atoms with Gasteiger partial charge in [-0.25, -0.2) is 9.38 Å². The van der Waals surface area contributed by atoms with Gasteiger partial charge in [0.2, 0.25) is 0 Å². The van der Waals surface area contributed by atoms with Crippen LogP contribution in [0.3, 0.4) is 0 Å². The van der Waals surface area contributed by atoms with Gasteiger partial charge in [0.25, 0.3) is 11.9 Å². The third kappa shape index (κ3) is 3.46. The van der Waals surface area contributed by atoms with Crippen molar-refractivity contribution in [2.45, 2.75) is 17.8 Å². The van der Waals surface area contributed by atoms with Crippen molar-refractivity contribution in [3.05, 3.63) is 71.5 Å². The van der Waals surface area contributed by atoms with Gasteiger partial charge in [0, 0.05) is 11.1 Å². The topological polar surface area (TPSA) is 59.9 Å². The fourth-order valence-electron chi connectivity index (χ4n) is 3.71. The Kier molecular flexibility index (Phi) is 4.77. The first kappa shape index (κ1) is 19.4. The van der Waals surface area contributed by atoms with E-state index in [0.717, 1.165) is 6.07 Å². The number of carbonyl (C=O) groups is 1. The molecule has 1 N–H and O–H groups in total. The van der Waals surface area contributed by atoms with Crippen LogP contribution in [0.5, 0.6) is 0 Å². The van der Waals surface area contributed by atoms with E-state index in [9.17, 15) is 22.4 Å². The van der Waals surface area contributed by atoms with E-state index in [4.69, 9.17) is 9.47 Å². The van der Waals surface area contributed by atoms with Crippen molar-refractivity contribution in [2.75, 3.05) is 13.2 Å². The zero-order chi connectivity index (χ0) is 20.6. The Bertz CT molecular complexity index is 948. The van der Waals surface area contributed by atoms with E-state index < -0.39 is 48.7 Å². The second-order valence-corrected chi connectivity index (χ2v) is 6.83. The largest absolute Gasteiger partial charge is 0.464 e. The molecule has 2 heterocycles. The highest BCUT2D eigenvalue weighted by Crippen LogP contribution is 2.49. The maximum absolute atomic E-state index is 14.6. The Labute approximate surface area is 163 Å². The molecular formula is C20H16F4N2O3. The number of aliphatic imine (C=N–C) groups is 1. The van der Waals surface area contributed by atoms with Crippen molar-refractivity contribution in [1.29, 1.82) is 0 Å². The zero-order valence-electron chi connectivity index (χ0n) is 14.9. The highest BCUT2D eigenvalue weighted by Gasteiger charge is 2.62. The van der Waals surface area contributed by atoms with Gasteiger partial charge in [-0.05, 0) is 18.2 Å². The van der Waals surface area contributed by atoms with E-state index in [1.165, 1.54) is 18.2 Å². The molecule has 0 radical (unpaired) electrons. The Morgan fingerprint density at radius 2 is 1.79 bits per heavy atom. The number of hydrogen-bond donors (Lipinski definition) is 1. The van der Waals surface area contributed by atoms with Crippen molar-refractivity contribution in [3.8, 4) is 0 Å². The Hall–Kier alpha value is -2.94. The highest BCUT2D eigenvalue weighted by molar-refractivity contribution is 6.04. The molecule has 2 unspecified atom stereocenters. The first-order valence-electron chi connectivity index (χ1n) is 8.83. The van der Waals surface area contributed by atoms with Gasteiger partial charge < -0.3 is 9.47 Å². The van der Waals surface area contributed by atoms with Gasteiger partial charge in [-0.1, -0.05) is 36.4 Å². The number of amidine groups is 1. The fraction of sp³-hybridized carbons (Fsp3) is 0.300. The van der Waals surface area contributed by atoms with Crippen molar-refractivity contribution in [1.82, 2.24) is 5.32 Å². The van der Waals surface area contributed by atoms with Crippen LogP contribution in [0.25, 0.3) is 0 Å². The number of hydrogen-bond acceptors (Lipinski definition) is 4. The Morgan fingerprint density at radius 3 is 2.48 bits per heavy atom. The molecule has 0 aromatic heterocycles. The Morgan fingerprint density at radius 1 is 1.10 bits per heavy atom. The van der Waals surface area contributed by atoms with E-state index in [1.807, 2.05) is 0 Å². The molecule has 2 aromatic carbocycles. The molecule has 0 saturated carbocycles. The number of fused-ring (bicyclic) bond motifs is 1. The van der Waals surface area contributed by atoms with Gasteiger partial charge in [0.15, 0.2) is 6.10 Å². The monoisotopic (exact) mass is 408 g/mol. The number of nitrogens with zero attached hydrogens (tertiary/aromatic N) is 1. The summed E-state index contributed by atoms with van der Waals surface area (Å²) in [6, 6.07) is 13.4. The zero-order valence-corrected chi connectivity index (χ0v) is 14.9. The summed E-state index contributed by atoms with van der Waals surface area (Å²) in [4.78, 5) is 16.6. The fourth-order valence-corrected chi connectivity index (χ4v) is 3.71. The summed E-state index contributed by atoms with van der Waals surface area (Å²) < 4.78 is 65.2. The van der Waals surface area contributed by atoms with Crippen molar-refractivity contribution in [3.63, 3.8) is 0 Å². The third-order valence-electron chi connectivity index (χ3n) is 5.08. The van der Waals surface area contributed by atoms with E-state index in [-0.39, 0.29) is 11.6 Å². The van der Waals surface area contributed by atoms with Crippen LogP contribution in [-0.2, 0) is 15.0 Å². The lowest BCUT2D eigenvalue weighted by Crippen LogP contribution is -2.50. The van der Waals surface area contributed by atoms with Crippen LogP contribution in [0.2, 0.25) is 0 Å². The summed E-state index contributed by atoms with van der Waals surface area (Å²) in [7, 11) is 0. The van der Waals surface area contributed by atoms with Gasteiger partial charge in [0.1, 0.15) is 11.4 Å². The third-order valence-corrected chi connectivity index (χ3v) is 5.08. The smallest absolute Gasteiger partial charge is 0.415 e. The van der Waals surface area contributed by atoms with Crippen LogP contribution < -0.4 is 5.32 Å². The maximum Gasteiger partial charge on any atom is 0.415 e. The number of rotatable bonds is 2. The summed E-state index contributed by atoms with van der Waals surface area (Å²) in [6.45, 7) is -0.927. The number of benzene rings is 2. The van der Waals surface area contributed by atoms with Crippen LogP contribution in [0, 0.1) is 11.7 Å². The molecule has 3 atom stereocenters. The molecule has 5 nitrogen and oxygen atoms in total. The minimum absolute atomic E-state index is 0.0356. The molecule has 152 valence electrons. The predicted molar refractivity (Wildman–Crippen MR) is 94.7 cm³/mol. The summed E-state index contributed by atoms with van der Waals surface area (Å²) in [6.07, 6.45) is -6.82. The number of halogens is 4. The number of amides is 1.